The number of piperazine rings is 1. The molecular weight excluding hydrogens is 447 g/mol. The van der Waals surface area contributed by atoms with Crippen LogP contribution in [0.1, 0.15) is 11.1 Å². The number of carboxylic acids is 1. The van der Waals surface area contributed by atoms with E-state index < -0.39 is 5.97 Å². The first-order valence-electron chi connectivity index (χ1n) is 9.59. The van der Waals surface area contributed by atoms with Gasteiger partial charge in [-0.25, -0.2) is 0 Å². The van der Waals surface area contributed by atoms with E-state index in [0.29, 0.717) is 16.3 Å². The van der Waals surface area contributed by atoms with Gasteiger partial charge in [-0.15, -0.1) is 0 Å². The Morgan fingerprint density at radius 1 is 1.16 bits per heavy atom. The number of hydrogen-bond acceptors (Lipinski definition) is 7. The fourth-order valence-corrected chi connectivity index (χ4v) is 4.81. The average molecular weight is 471 g/mol. The van der Waals surface area contributed by atoms with E-state index in [0.717, 1.165) is 50.5 Å². The van der Waals surface area contributed by atoms with Gasteiger partial charge in [-0.3, -0.25) is 4.90 Å². The first kappa shape index (κ1) is 25.9. The first-order chi connectivity index (χ1) is 14.0. The predicted octanol–water partition coefficient (Wildman–Crippen LogP) is -1.63. The average Bonchev–Trinajstić information content (AvgIpc) is 3.13. The maximum Gasteiger partial charge on any atom is 1.00 e. The van der Waals surface area contributed by atoms with Gasteiger partial charge in [0.05, 0.1) is 4.70 Å². The van der Waals surface area contributed by atoms with Crippen LogP contribution >= 0.6 is 23.1 Å². The molecule has 0 amide bonds. The normalized spacial score (nSPS) is 14.2. The number of nitrogen functional groups attached to an aromatic ring is 1. The predicted molar refractivity (Wildman–Crippen MR) is 120 cm³/mol. The van der Waals surface area contributed by atoms with E-state index in [9.17, 15) is 9.90 Å². The number of aliphatic carboxylic acids is 1. The fraction of sp³-hybridized carbons (Fsp3) is 0.333. The zero-order valence-electron chi connectivity index (χ0n) is 17.4. The Morgan fingerprint density at radius 2 is 1.87 bits per heavy atom. The number of rotatable bonds is 6. The first-order valence-corrected chi connectivity index (χ1v) is 10.7. The summed E-state index contributed by atoms with van der Waals surface area (Å²) in [6, 6.07) is 11.8. The van der Waals surface area contributed by atoms with E-state index in [1.54, 1.807) is 23.7 Å². The smallest absolute Gasteiger partial charge is 0.550 e. The molecule has 2 heterocycles. The van der Waals surface area contributed by atoms with E-state index in [4.69, 9.17) is 17.3 Å². The van der Waals surface area contributed by atoms with Crippen molar-refractivity contribution in [1.29, 1.82) is 0 Å². The topological polar surface area (TPSA) is 117 Å². The number of carbonyl (C=O) groups excluding carboxylic acids is 1. The number of benzene rings is 2. The Morgan fingerprint density at radius 3 is 2.58 bits per heavy atom. The molecule has 0 spiro atoms. The molecule has 31 heavy (non-hydrogen) atoms. The Balaban J connectivity index is 0.00000171. The van der Waals surface area contributed by atoms with E-state index in [-0.39, 0.29) is 41.5 Å². The Kier molecular flexibility index (Phi) is 9.57. The molecule has 1 fully saturated rings. The van der Waals surface area contributed by atoms with Gasteiger partial charge in [0.2, 0.25) is 0 Å². The number of aromatic nitrogens is 1. The van der Waals surface area contributed by atoms with Gasteiger partial charge in [-0.1, -0.05) is 29.8 Å². The van der Waals surface area contributed by atoms with Gasteiger partial charge in [0, 0.05) is 61.2 Å². The molecule has 1 saturated heterocycles. The summed E-state index contributed by atoms with van der Waals surface area (Å²) in [6.45, 7) is 4.62. The van der Waals surface area contributed by atoms with Crippen LogP contribution < -0.4 is 45.3 Å². The maximum atomic E-state index is 10.9. The summed E-state index contributed by atoms with van der Waals surface area (Å²) in [5.41, 5.74) is 7.76. The van der Waals surface area contributed by atoms with E-state index in [1.165, 1.54) is 10.1 Å². The van der Waals surface area contributed by atoms with E-state index in [1.807, 2.05) is 6.07 Å². The second kappa shape index (κ2) is 11.5. The second-order valence-corrected chi connectivity index (χ2v) is 8.48. The van der Waals surface area contributed by atoms with Crippen molar-refractivity contribution >= 4 is 50.7 Å². The van der Waals surface area contributed by atoms with Crippen LogP contribution in [0, 0.1) is 0 Å². The maximum absolute atomic E-state index is 10.9. The molecule has 1 aliphatic heterocycles. The van der Waals surface area contributed by atoms with Crippen LogP contribution in [0.4, 0.5) is 11.5 Å². The summed E-state index contributed by atoms with van der Waals surface area (Å²) in [7, 11) is 0. The largest absolute Gasteiger partial charge is 1.00 e. The molecule has 3 aromatic rings. The van der Waals surface area contributed by atoms with Crippen LogP contribution in [0.15, 0.2) is 36.4 Å². The summed E-state index contributed by atoms with van der Waals surface area (Å²) in [5.74, 6) is -0.0607. The van der Waals surface area contributed by atoms with Crippen LogP contribution in [-0.4, -0.2) is 53.4 Å². The summed E-state index contributed by atoms with van der Waals surface area (Å²) < 4.78 is 5.88. The summed E-state index contributed by atoms with van der Waals surface area (Å²) in [4.78, 5) is 15.7. The molecule has 4 rings (SSSR count). The molecule has 160 valence electrons. The van der Waals surface area contributed by atoms with Crippen LogP contribution in [0.2, 0.25) is 5.02 Å². The number of nitrogens with two attached hydrogens (primary N) is 1. The molecule has 0 aliphatic carbocycles. The summed E-state index contributed by atoms with van der Waals surface area (Å²) in [6.07, 6.45) is 0.551. The van der Waals surface area contributed by atoms with Crippen LogP contribution in [0.25, 0.3) is 10.1 Å². The van der Waals surface area contributed by atoms with Crippen molar-refractivity contribution in [2.24, 2.45) is 0 Å². The van der Waals surface area contributed by atoms with Gasteiger partial charge >= 0.3 is 29.6 Å². The van der Waals surface area contributed by atoms with Gasteiger partial charge in [0.15, 0.2) is 0 Å². The third-order valence-corrected chi connectivity index (χ3v) is 6.54. The number of anilines is 2. The van der Waals surface area contributed by atoms with Crippen molar-refractivity contribution in [1.82, 2.24) is 9.27 Å². The molecule has 0 atom stereocenters. The van der Waals surface area contributed by atoms with Crippen molar-refractivity contribution in [2.75, 3.05) is 43.4 Å². The van der Waals surface area contributed by atoms with Crippen molar-refractivity contribution in [2.45, 2.75) is 12.8 Å². The molecular formula is C21H24ClN4NaO3S. The van der Waals surface area contributed by atoms with Gasteiger partial charge in [-0.2, -0.15) is 4.37 Å². The second-order valence-electron chi connectivity index (χ2n) is 7.27. The van der Waals surface area contributed by atoms with Crippen LogP contribution in [-0.2, 0) is 17.6 Å². The molecule has 0 radical (unpaired) electrons. The standard InChI is InChI=1S/C21H23ClN4O2S.Na.H2O/c22-17-13-18(23)15(12-20(27)28)11-14(17)5-6-25-7-9-26(10-8-25)21-16-3-1-2-4-19(16)29-24-21;;/h1-4,11,13H,5-10,12,23H2,(H,27,28);;1H2/q;+1;/p-1. The third kappa shape index (κ3) is 6.10. The number of carbonyl (C=O) groups is 1. The minimum atomic E-state index is -1.14. The van der Waals surface area contributed by atoms with Gasteiger partial charge in [0.1, 0.15) is 5.82 Å². The molecule has 0 saturated carbocycles. The minimum Gasteiger partial charge on any atom is -0.550 e. The number of hydrogen-bond donors (Lipinski definition) is 1. The van der Waals surface area contributed by atoms with Crippen molar-refractivity contribution < 1.29 is 44.9 Å². The fourth-order valence-electron chi connectivity index (χ4n) is 3.75. The van der Waals surface area contributed by atoms with E-state index >= 15 is 0 Å². The minimum absolute atomic E-state index is 0. The third-order valence-electron chi connectivity index (χ3n) is 5.37. The quantitative estimate of drug-likeness (QED) is 0.341. The summed E-state index contributed by atoms with van der Waals surface area (Å²) >= 11 is 7.87. The molecule has 1 aliphatic rings. The molecule has 1 aromatic heterocycles. The Labute approximate surface area is 212 Å². The monoisotopic (exact) mass is 470 g/mol. The zero-order valence-corrected chi connectivity index (χ0v) is 21.0. The number of fused-ring (bicyclic) bond motifs is 1. The van der Waals surface area contributed by atoms with Gasteiger partial charge < -0.3 is 26.0 Å². The number of carboxylic acid groups (broad SMARTS) is 1. The Hall–Kier alpha value is -1.39. The zero-order chi connectivity index (χ0) is 20.4. The van der Waals surface area contributed by atoms with Crippen LogP contribution in [0.5, 0.6) is 0 Å². The van der Waals surface area contributed by atoms with Crippen molar-refractivity contribution in [3.63, 3.8) is 0 Å². The van der Waals surface area contributed by atoms with Gasteiger partial charge in [0.25, 0.3) is 0 Å². The molecule has 2 aromatic carbocycles. The molecule has 7 nitrogen and oxygen atoms in total. The van der Waals surface area contributed by atoms with Crippen LogP contribution in [0.3, 0.4) is 0 Å². The van der Waals surface area contributed by atoms with E-state index in [2.05, 4.69) is 32.4 Å². The molecule has 0 unspecified atom stereocenters. The van der Waals surface area contributed by atoms with Crippen molar-refractivity contribution in [3.05, 3.63) is 52.5 Å². The summed E-state index contributed by atoms with van der Waals surface area (Å²) in [5, 5.41) is 12.7. The van der Waals surface area contributed by atoms with Crippen molar-refractivity contribution in [3.8, 4) is 0 Å². The SMILES string of the molecule is Nc1cc(Cl)c(CCN2CCN(c3nsc4ccccc34)CC2)cc1CC(=O)[O-].O.[Na+]. The number of halogens is 1. The Bertz CT molecular complexity index is 1040. The van der Waals surface area contributed by atoms with Gasteiger partial charge in [-0.05, 0) is 47.3 Å². The number of nitrogens with zero attached hydrogens (tertiary/aromatic N) is 3. The molecule has 10 heteroatoms. The molecule has 4 N–H and O–H groups in total. The molecule has 0 bridgehead atoms.